The molecule has 2 aliphatic carbocycles. The van der Waals surface area contributed by atoms with Gasteiger partial charge in [0.2, 0.25) is 0 Å². The van der Waals surface area contributed by atoms with Gasteiger partial charge in [0.25, 0.3) is 5.95 Å². The van der Waals surface area contributed by atoms with Crippen LogP contribution in [-0.4, -0.2) is 7.11 Å². The molecule has 0 saturated heterocycles. The average molecular weight is 342 g/mol. The molecule has 1 heterocycles. The minimum Gasteiger partial charge on any atom is -0.468 e. The number of ether oxygens (including phenoxy) is 1. The summed E-state index contributed by atoms with van der Waals surface area (Å²) in [6, 6.07) is 0. The summed E-state index contributed by atoms with van der Waals surface area (Å²) in [5.74, 6) is 1.90. The van der Waals surface area contributed by atoms with Crippen molar-refractivity contribution in [3.63, 3.8) is 0 Å². The molecule has 1 aromatic heterocycles. The second-order valence-electron chi connectivity index (χ2n) is 8.32. The lowest BCUT2D eigenvalue weighted by Crippen LogP contribution is -2.65. The molecule has 0 amide bonds. The zero-order chi connectivity index (χ0) is 18.7. The van der Waals surface area contributed by atoms with Crippen LogP contribution in [0.2, 0.25) is 0 Å². The van der Waals surface area contributed by atoms with E-state index in [0.29, 0.717) is 23.3 Å². The smallest absolute Gasteiger partial charge is 0.291 e. The molecule has 2 aliphatic rings. The summed E-state index contributed by atoms with van der Waals surface area (Å²) in [7, 11) is 1.56. The minimum absolute atomic E-state index is 0.0342. The van der Waals surface area contributed by atoms with Gasteiger partial charge in [0.1, 0.15) is 5.76 Å². The van der Waals surface area contributed by atoms with Crippen molar-refractivity contribution in [1.82, 2.24) is 0 Å². The van der Waals surface area contributed by atoms with E-state index in [1.807, 2.05) is 6.92 Å². The van der Waals surface area contributed by atoms with Crippen LogP contribution in [0.5, 0.6) is 5.95 Å². The van der Waals surface area contributed by atoms with Gasteiger partial charge in [0.05, 0.1) is 12.7 Å². The summed E-state index contributed by atoms with van der Waals surface area (Å²) in [6.45, 7) is 14.9. The van der Waals surface area contributed by atoms with Crippen molar-refractivity contribution < 1.29 is 9.15 Å². The Balaban J connectivity index is 2.26. The van der Waals surface area contributed by atoms with Crippen molar-refractivity contribution in [2.45, 2.75) is 60.3 Å². The molecule has 3 heteroatoms. The van der Waals surface area contributed by atoms with E-state index in [1.165, 1.54) is 11.1 Å². The Morgan fingerprint density at radius 1 is 1.16 bits per heavy atom. The minimum atomic E-state index is -0.203. The van der Waals surface area contributed by atoms with Crippen LogP contribution in [0.25, 0.3) is 0 Å². The van der Waals surface area contributed by atoms with E-state index in [2.05, 4.69) is 46.8 Å². The van der Waals surface area contributed by atoms with Crippen LogP contribution in [0.4, 0.5) is 0 Å². The van der Waals surface area contributed by atoms with E-state index in [-0.39, 0.29) is 16.3 Å². The van der Waals surface area contributed by atoms with Crippen molar-refractivity contribution >= 4 is 0 Å². The van der Waals surface area contributed by atoms with Gasteiger partial charge >= 0.3 is 0 Å². The highest BCUT2D eigenvalue weighted by Crippen LogP contribution is 2.70. The van der Waals surface area contributed by atoms with E-state index in [0.717, 1.165) is 17.7 Å². The zero-order valence-corrected chi connectivity index (χ0v) is 16.7. The van der Waals surface area contributed by atoms with Crippen LogP contribution < -0.4 is 10.2 Å². The van der Waals surface area contributed by atoms with Crippen molar-refractivity contribution in [2.24, 2.45) is 17.3 Å². The Bertz CT molecular complexity index is 842. The van der Waals surface area contributed by atoms with Crippen LogP contribution >= 0.6 is 0 Å². The summed E-state index contributed by atoms with van der Waals surface area (Å²) < 4.78 is 11.6. The molecule has 0 aromatic carbocycles. The normalized spacial score (nSPS) is 33.9. The fourth-order valence-corrected chi connectivity index (χ4v) is 6.31. The second kappa shape index (κ2) is 5.62. The van der Waals surface area contributed by atoms with E-state index in [4.69, 9.17) is 9.15 Å². The second-order valence-corrected chi connectivity index (χ2v) is 8.32. The number of hydrogen-bond acceptors (Lipinski definition) is 3. The van der Waals surface area contributed by atoms with Gasteiger partial charge in [-0.05, 0) is 39.0 Å². The van der Waals surface area contributed by atoms with Gasteiger partial charge in [-0.2, -0.15) is 0 Å². The van der Waals surface area contributed by atoms with Gasteiger partial charge in [0, 0.05) is 16.9 Å². The van der Waals surface area contributed by atoms with Crippen LogP contribution in [0.15, 0.2) is 32.5 Å². The van der Waals surface area contributed by atoms with Crippen LogP contribution in [0.3, 0.4) is 0 Å². The molecule has 1 saturated carbocycles. The predicted octanol–water partition coefficient (Wildman–Crippen LogP) is 5.09. The lowest BCUT2D eigenvalue weighted by molar-refractivity contribution is -0.0915. The third-order valence-corrected chi connectivity index (χ3v) is 6.75. The molecule has 0 spiro atoms. The van der Waals surface area contributed by atoms with Crippen molar-refractivity contribution in [3.8, 4) is 5.95 Å². The maximum absolute atomic E-state index is 12.8. The summed E-state index contributed by atoms with van der Waals surface area (Å²) in [6.07, 6.45) is 5.73. The molecule has 136 valence electrons. The van der Waals surface area contributed by atoms with E-state index in [1.54, 1.807) is 14.0 Å². The van der Waals surface area contributed by atoms with Gasteiger partial charge in [-0.3, -0.25) is 4.79 Å². The molecule has 4 atom stereocenters. The third-order valence-electron chi connectivity index (χ3n) is 6.75. The van der Waals surface area contributed by atoms with Crippen LogP contribution in [0.1, 0.15) is 57.9 Å². The van der Waals surface area contributed by atoms with Crippen molar-refractivity contribution in [3.05, 3.63) is 50.4 Å². The van der Waals surface area contributed by atoms with Gasteiger partial charge < -0.3 is 9.15 Å². The SMILES string of the molecule is CCC1C2(C)C=C(C)C=C(C)C2C1(C)c1oc(OC)c(C)c(=O)c1C. The molecule has 25 heavy (non-hydrogen) atoms. The molecule has 0 aliphatic heterocycles. The fraction of sp³-hybridized carbons (Fsp3) is 0.591. The summed E-state index contributed by atoms with van der Waals surface area (Å²) in [5, 5.41) is 0. The first-order valence-electron chi connectivity index (χ1n) is 9.19. The Morgan fingerprint density at radius 2 is 1.80 bits per heavy atom. The highest BCUT2D eigenvalue weighted by molar-refractivity contribution is 5.47. The molecular formula is C22H30O3. The van der Waals surface area contributed by atoms with Gasteiger partial charge in [0.15, 0.2) is 5.43 Å². The zero-order valence-electron chi connectivity index (χ0n) is 16.7. The third kappa shape index (κ3) is 2.14. The number of rotatable bonds is 3. The predicted molar refractivity (Wildman–Crippen MR) is 101 cm³/mol. The van der Waals surface area contributed by atoms with Crippen LogP contribution in [-0.2, 0) is 5.41 Å². The summed E-state index contributed by atoms with van der Waals surface area (Å²) in [5.41, 5.74) is 3.91. The average Bonchev–Trinajstić information content (AvgIpc) is 2.51. The lowest BCUT2D eigenvalue weighted by Gasteiger charge is -2.67. The Morgan fingerprint density at radius 3 is 2.36 bits per heavy atom. The first kappa shape index (κ1) is 18.0. The van der Waals surface area contributed by atoms with Gasteiger partial charge in [-0.15, -0.1) is 0 Å². The molecule has 0 radical (unpaired) electrons. The fourth-order valence-electron chi connectivity index (χ4n) is 6.31. The molecule has 4 unspecified atom stereocenters. The van der Waals surface area contributed by atoms with Crippen molar-refractivity contribution in [2.75, 3.05) is 7.11 Å². The molecule has 3 nitrogen and oxygen atoms in total. The number of fused-ring (bicyclic) bond motifs is 1. The lowest BCUT2D eigenvalue weighted by atomic mass is 9.36. The molecule has 0 bridgehead atoms. The van der Waals surface area contributed by atoms with Gasteiger partial charge in [-0.1, -0.05) is 50.5 Å². The Kier molecular flexibility index (Phi) is 4.05. The quantitative estimate of drug-likeness (QED) is 0.768. The Labute approximate surface area is 150 Å². The number of methoxy groups -OCH3 is 1. The summed E-state index contributed by atoms with van der Waals surface area (Å²) in [4.78, 5) is 12.8. The maximum Gasteiger partial charge on any atom is 0.291 e. The topological polar surface area (TPSA) is 39.4 Å². The van der Waals surface area contributed by atoms with Crippen molar-refractivity contribution in [1.29, 1.82) is 0 Å². The summed E-state index contributed by atoms with van der Waals surface area (Å²) >= 11 is 0. The monoisotopic (exact) mass is 342 g/mol. The maximum atomic E-state index is 12.8. The molecular weight excluding hydrogens is 312 g/mol. The van der Waals surface area contributed by atoms with Gasteiger partial charge in [-0.25, -0.2) is 0 Å². The molecule has 3 rings (SSSR count). The highest BCUT2D eigenvalue weighted by Gasteiger charge is 2.67. The standard InChI is InChI=1S/C22H30O3/c1-9-16-21(6)11-12(2)10-13(3)18(21)22(16,7)19-14(4)17(23)15(5)20(24-8)25-19/h10-11,16,18H,9H2,1-8H3. The first-order valence-corrected chi connectivity index (χ1v) is 9.19. The number of hydrogen-bond donors (Lipinski definition) is 0. The molecule has 1 aromatic rings. The van der Waals surface area contributed by atoms with E-state index in [9.17, 15) is 4.79 Å². The van der Waals surface area contributed by atoms with Crippen LogP contribution in [0, 0.1) is 31.1 Å². The van der Waals surface area contributed by atoms with E-state index >= 15 is 0 Å². The number of allylic oxidation sites excluding steroid dienone is 4. The largest absolute Gasteiger partial charge is 0.468 e. The Hall–Kier alpha value is -1.77. The molecule has 0 N–H and O–H groups in total. The molecule has 1 fully saturated rings. The highest BCUT2D eigenvalue weighted by atomic mass is 16.6. The first-order chi connectivity index (χ1) is 11.6. The van der Waals surface area contributed by atoms with E-state index < -0.39 is 0 Å².